The van der Waals surface area contributed by atoms with Gasteiger partial charge in [0.05, 0.1) is 24.5 Å². The van der Waals surface area contributed by atoms with E-state index in [4.69, 9.17) is 20.6 Å². The van der Waals surface area contributed by atoms with Crippen molar-refractivity contribution in [1.29, 1.82) is 5.41 Å². The average Bonchev–Trinajstić information content (AvgIpc) is 2.86. The molecule has 10 heteroatoms. The molecule has 0 bridgehead atoms. The molecule has 1 amide bonds. The van der Waals surface area contributed by atoms with Crippen molar-refractivity contribution in [2.75, 3.05) is 55.8 Å². The van der Waals surface area contributed by atoms with Gasteiger partial charge < -0.3 is 25.8 Å². The number of amides is 1. The Hall–Kier alpha value is -4.02. The van der Waals surface area contributed by atoms with Crippen molar-refractivity contribution < 1.29 is 14.3 Å². The SMILES string of the molecule is N=C(c1cccc(OCCN2CCOCC2)c1)c1c(N)ncnc1Nc1ccc(NC=O)cc1. The number of hydrogen-bond donors (Lipinski definition) is 4. The molecule has 0 aliphatic carbocycles. The number of aromatic nitrogens is 2. The molecule has 5 N–H and O–H groups in total. The summed E-state index contributed by atoms with van der Waals surface area (Å²) < 4.78 is 11.3. The molecule has 1 aliphatic heterocycles. The van der Waals surface area contributed by atoms with Crippen molar-refractivity contribution in [3.05, 3.63) is 66.0 Å². The molecule has 176 valence electrons. The molecule has 1 saturated heterocycles. The summed E-state index contributed by atoms with van der Waals surface area (Å²) >= 11 is 0. The summed E-state index contributed by atoms with van der Waals surface area (Å²) in [6, 6.07) is 14.5. The number of nitrogen functional groups attached to an aromatic ring is 1. The Morgan fingerprint density at radius 3 is 2.68 bits per heavy atom. The van der Waals surface area contributed by atoms with Crippen molar-refractivity contribution in [2.24, 2.45) is 0 Å². The molecule has 0 spiro atoms. The van der Waals surface area contributed by atoms with E-state index in [-0.39, 0.29) is 11.5 Å². The zero-order chi connectivity index (χ0) is 23.8. The van der Waals surface area contributed by atoms with Gasteiger partial charge in [0.2, 0.25) is 6.41 Å². The molecule has 10 nitrogen and oxygen atoms in total. The Labute approximate surface area is 197 Å². The lowest BCUT2D eigenvalue weighted by Crippen LogP contribution is -2.38. The summed E-state index contributed by atoms with van der Waals surface area (Å²) in [6.45, 7) is 4.70. The maximum Gasteiger partial charge on any atom is 0.211 e. The van der Waals surface area contributed by atoms with Gasteiger partial charge in [0.1, 0.15) is 30.3 Å². The van der Waals surface area contributed by atoms with Crippen LogP contribution in [0, 0.1) is 5.41 Å². The molecule has 0 radical (unpaired) electrons. The number of nitrogens with zero attached hydrogens (tertiary/aromatic N) is 3. The minimum Gasteiger partial charge on any atom is -0.492 e. The lowest BCUT2D eigenvalue weighted by Gasteiger charge is -2.26. The third-order valence-electron chi connectivity index (χ3n) is 5.40. The summed E-state index contributed by atoms with van der Waals surface area (Å²) in [4.78, 5) is 21.3. The normalized spacial score (nSPS) is 13.8. The second-order valence-electron chi connectivity index (χ2n) is 7.65. The predicted octanol–water partition coefficient (Wildman–Crippen LogP) is 2.50. The zero-order valence-corrected chi connectivity index (χ0v) is 18.7. The van der Waals surface area contributed by atoms with E-state index in [2.05, 4.69) is 25.5 Å². The van der Waals surface area contributed by atoms with Crippen LogP contribution < -0.4 is 21.1 Å². The van der Waals surface area contributed by atoms with Gasteiger partial charge >= 0.3 is 0 Å². The molecule has 2 aromatic carbocycles. The molecule has 0 unspecified atom stereocenters. The second-order valence-corrected chi connectivity index (χ2v) is 7.65. The summed E-state index contributed by atoms with van der Waals surface area (Å²) in [5.74, 6) is 1.28. The standard InChI is InChI=1S/C24H27N7O3/c25-22(17-2-1-3-20(14-17)34-13-10-31-8-11-33-12-9-31)21-23(26)27-15-28-24(21)30-19-6-4-18(5-7-19)29-16-32/h1-7,14-16,25H,8-13H2,(H,29,32)(H3,26,27,28,30). The summed E-state index contributed by atoms with van der Waals surface area (Å²) in [5.41, 5.74) is 8.75. The van der Waals surface area contributed by atoms with E-state index in [9.17, 15) is 4.79 Å². The van der Waals surface area contributed by atoms with Crippen molar-refractivity contribution >= 4 is 35.1 Å². The van der Waals surface area contributed by atoms with Crippen molar-refractivity contribution in [3.63, 3.8) is 0 Å². The van der Waals surface area contributed by atoms with Gasteiger partial charge in [0.25, 0.3) is 0 Å². The van der Waals surface area contributed by atoms with Gasteiger partial charge in [0, 0.05) is 36.6 Å². The maximum absolute atomic E-state index is 10.6. The highest BCUT2D eigenvalue weighted by Gasteiger charge is 2.17. The van der Waals surface area contributed by atoms with Crippen LogP contribution in [0.25, 0.3) is 0 Å². The monoisotopic (exact) mass is 461 g/mol. The number of carbonyl (C=O) groups is 1. The van der Waals surface area contributed by atoms with Crippen LogP contribution in [0.2, 0.25) is 0 Å². The van der Waals surface area contributed by atoms with Crippen LogP contribution in [0.4, 0.5) is 23.0 Å². The third-order valence-corrected chi connectivity index (χ3v) is 5.40. The molecule has 4 rings (SSSR count). The summed E-state index contributed by atoms with van der Waals surface area (Å²) in [7, 11) is 0. The van der Waals surface area contributed by atoms with Crippen LogP contribution in [-0.4, -0.2) is 66.4 Å². The van der Waals surface area contributed by atoms with Crippen LogP contribution in [0.5, 0.6) is 5.75 Å². The molecule has 0 atom stereocenters. The highest BCUT2D eigenvalue weighted by molar-refractivity contribution is 6.16. The topological polar surface area (TPSA) is 138 Å². The number of ether oxygens (including phenoxy) is 2. The number of carbonyl (C=O) groups excluding carboxylic acids is 1. The molecule has 0 saturated carbocycles. The lowest BCUT2D eigenvalue weighted by atomic mass is 10.0. The molecule has 1 aromatic heterocycles. The molecule has 2 heterocycles. The Morgan fingerprint density at radius 1 is 1.15 bits per heavy atom. The van der Waals surface area contributed by atoms with Crippen LogP contribution in [-0.2, 0) is 9.53 Å². The molecule has 1 fully saturated rings. The number of benzene rings is 2. The lowest BCUT2D eigenvalue weighted by molar-refractivity contribution is -0.105. The highest BCUT2D eigenvalue weighted by atomic mass is 16.5. The molecule has 34 heavy (non-hydrogen) atoms. The van der Waals surface area contributed by atoms with E-state index in [1.165, 1.54) is 6.33 Å². The van der Waals surface area contributed by atoms with E-state index in [0.717, 1.165) is 38.5 Å². The third kappa shape index (κ3) is 5.85. The first-order valence-corrected chi connectivity index (χ1v) is 10.9. The van der Waals surface area contributed by atoms with Gasteiger partial charge in [-0.3, -0.25) is 15.1 Å². The van der Waals surface area contributed by atoms with Crippen LogP contribution in [0.1, 0.15) is 11.1 Å². The molecule has 3 aromatic rings. The van der Waals surface area contributed by atoms with E-state index in [1.807, 2.05) is 24.3 Å². The van der Waals surface area contributed by atoms with Crippen molar-refractivity contribution in [2.45, 2.75) is 0 Å². The quantitative estimate of drug-likeness (QED) is 0.267. The van der Waals surface area contributed by atoms with E-state index in [0.29, 0.717) is 41.4 Å². The fourth-order valence-corrected chi connectivity index (χ4v) is 3.60. The molecular formula is C24H27N7O3. The van der Waals surface area contributed by atoms with Crippen LogP contribution >= 0.6 is 0 Å². The minimum absolute atomic E-state index is 0.179. The van der Waals surface area contributed by atoms with E-state index < -0.39 is 0 Å². The predicted molar refractivity (Wildman–Crippen MR) is 131 cm³/mol. The number of anilines is 4. The van der Waals surface area contributed by atoms with Gasteiger partial charge in [-0.15, -0.1) is 0 Å². The van der Waals surface area contributed by atoms with Gasteiger partial charge in [-0.1, -0.05) is 12.1 Å². The second kappa shape index (κ2) is 11.2. The van der Waals surface area contributed by atoms with Crippen molar-refractivity contribution in [3.8, 4) is 5.75 Å². The fourth-order valence-electron chi connectivity index (χ4n) is 3.60. The largest absolute Gasteiger partial charge is 0.492 e. The Bertz CT molecular complexity index is 1130. The van der Waals surface area contributed by atoms with Crippen LogP contribution in [0.3, 0.4) is 0 Å². The fraction of sp³-hybridized carbons (Fsp3) is 0.250. The minimum atomic E-state index is 0.179. The average molecular weight is 462 g/mol. The summed E-state index contributed by atoms with van der Waals surface area (Å²) in [5, 5.41) is 14.6. The number of rotatable bonds is 10. The first kappa shape index (κ1) is 23.1. The Kier molecular flexibility index (Phi) is 7.63. The number of hydrogen-bond acceptors (Lipinski definition) is 9. The smallest absolute Gasteiger partial charge is 0.211 e. The van der Waals surface area contributed by atoms with E-state index >= 15 is 0 Å². The van der Waals surface area contributed by atoms with Crippen molar-refractivity contribution in [1.82, 2.24) is 14.9 Å². The number of morpholine rings is 1. The molecule has 1 aliphatic rings. The highest BCUT2D eigenvalue weighted by Crippen LogP contribution is 2.26. The van der Waals surface area contributed by atoms with E-state index in [1.54, 1.807) is 24.3 Å². The molecular weight excluding hydrogens is 434 g/mol. The van der Waals surface area contributed by atoms with Crippen LogP contribution in [0.15, 0.2) is 54.9 Å². The Balaban J connectivity index is 1.48. The maximum atomic E-state index is 10.6. The van der Waals surface area contributed by atoms with Gasteiger partial charge in [-0.25, -0.2) is 9.97 Å². The summed E-state index contributed by atoms with van der Waals surface area (Å²) in [6.07, 6.45) is 1.97. The zero-order valence-electron chi connectivity index (χ0n) is 18.7. The van der Waals surface area contributed by atoms with Gasteiger partial charge in [-0.2, -0.15) is 0 Å². The number of nitrogens with two attached hydrogens (primary N) is 1. The first-order valence-electron chi connectivity index (χ1n) is 10.9. The number of nitrogens with one attached hydrogen (secondary N) is 3. The van der Waals surface area contributed by atoms with Gasteiger partial charge in [0.15, 0.2) is 0 Å². The Morgan fingerprint density at radius 2 is 1.91 bits per heavy atom. The first-order chi connectivity index (χ1) is 16.6. The van der Waals surface area contributed by atoms with Gasteiger partial charge in [-0.05, 0) is 36.4 Å².